The van der Waals surface area contributed by atoms with Crippen molar-refractivity contribution >= 4 is 33.6 Å². The molecule has 4 aromatic rings. The van der Waals surface area contributed by atoms with Crippen LogP contribution in [0.5, 0.6) is 0 Å². The highest BCUT2D eigenvalue weighted by Crippen LogP contribution is 2.27. The molecule has 0 saturated heterocycles. The Labute approximate surface area is 179 Å². The van der Waals surface area contributed by atoms with E-state index in [9.17, 15) is 0 Å². The van der Waals surface area contributed by atoms with Crippen molar-refractivity contribution in [1.29, 1.82) is 0 Å². The average molecular weight is 415 g/mol. The number of allylic oxidation sites excluding steroid dienone is 3. The molecular weight excluding hydrogens is 396 g/mol. The van der Waals surface area contributed by atoms with Gasteiger partial charge in [0.1, 0.15) is 5.15 Å². The number of fused-ring (bicyclic) bond motifs is 1. The number of anilines is 1. The third kappa shape index (κ3) is 3.87. The first-order valence-corrected chi connectivity index (χ1v) is 9.52. The zero-order valence-electron chi connectivity index (χ0n) is 16.1. The Hall–Kier alpha value is -3.74. The molecule has 0 aliphatic rings. The second-order valence-electron chi connectivity index (χ2n) is 6.57. The number of halogens is 1. The third-order valence-corrected chi connectivity index (χ3v) is 4.88. The van der Waals surface area contributed by atoms with Crippen molar-refractivity contribution in [2.75, 3.05) is 5.01 Å². The van der Waals surface area contributed by atoms with E-state index in [1.165, 1.54) is 5.01 Å². The average Bonchev–Trinajstić information content (AvgIpc) is 3.26. The number of rotatable bonds is 6. The van der Waals surface area contributed by atoms with E-state index in [0.717, 1.165) is 27.7 Å². The van der Waals surface area contributed by atoms with E-state index in [1.54, 1.807) is 43.0 Å². The predicted octanol–water partition coefficient (Wildman–Crippen LogP) is 4.93. The molecule has 2 N–H and O–H groups in total. The Morgan fingerprint density at radius 2 is 1.97 bits per heavy atom. The van der Waals surface area contributed by atoms with Gasteiger partial charge in [-0.05, 0) is 41.5 Å². The van der Waals surface area contributed by atoms with Crippen LogP contribution in [0.3, 0.4) is 0 Å². The number of hydrogen-bond donors (Lipinski definition) is 1. The fourth-order valence-corrected chi connectivity index (χ4v) is 3.26. The second kappa shape index (κ2) is 8.32. The molecule has 0 aliphatic carbocycles. The highest BCUT2D eigenvalue weighted by molar-refractivity contribution is 6.29. The van der Waals surface area contributed by atoms with Crippen LogP contribution in [0.15, 0.2) is 98.3 Å². The lowest BCUT2D eigenvalue weighted by atomic mass is 10.1. The minimum absolute atomic E-state index is 0.369. The van der Waals surface area contributed by atoms with Crippen molar-refractivity contribution in [3.63, 3.8) is 0 Å². The van der Waals surface area contributed by atoms with Crippen molar-refractivity contribution in [1.82, 2.24) is 19.7 Å². The van der Waals surface area contributed by atoms with Crippen molar-refractivity contribution in [3.05, 3.63) is 109 Å². The SMILES string of the molecule is C=C(/C=C\N(N)c1ccnc(Cl)c1)C(=C)c1ccnn1-c1cccc2cnccc12. The Morgan fingerprint density at radius 3 is 2.80 bits per heavy atom. The standard InChI is InChI=1S/C23H19ClN6/c1-16(9-13-29(25)19-6-11-27-23(24)14-19)17(2)21-8-12-28-30(21)22-5-3-4-18-15-26-10-7-20(18)22/h3-15H,1-2,25H2/b13-9-. The minimum atomic E-state index is 0.369. The molecule has 0 bridgehead atoms. The van der Waals surface area contributed by atoms with Crippen LogP contribution < -0.4 is 10.9 Å². The molecule has 1 aromatic carbocycles. The monoisotopic (exact) mass is 414 g/mol. The smallest absolute Gasteiger partial charge is 0.131 e. The fourth-order valence-electron chi connectivity index (χ4n) is 3.09. The number of aromatic nitrogens is 4. The van der Waals surface area contributed by atoms with Crippen LogP contribution in [-0.2, 0) is 0 Å². The Morgan fingerprint density at radius 1 is 1.10 bits per heavy atom. The van der Waals surface area contributed by atoms with E-state index in [1.807, 2.05) is 41.2 Å². The summed E-state index contributed by atoms with van der Waals surface area (Å²) in [7, 11) is 0. The minimum Gasteiger partial charge on any atom is -0.287 e. The van der Waals surface area contributed by atoms with Gasteiger partial charge in [0.2, 0.25) is 0 Å². The first-order valence-electron chi connectivity index (χ1n) is 9.14. The summed E-state index contributed by atoms with van der Waals surface area (Å²) in [5.74, 6) is 6.08. The van der Waals surface area contributed by atoms with Crippen molar-refractivity contribution in [2.24, 2.45) is 5.84 Å². The summed E-state index contributed by atoms with van der Waals surface area (Å²) in [6.07, 6.45) is 10.4. The molecule has 7 heteroatoms. The Balaban J connectivity index is 1.60. The summed E-state index contributed by atoms with van der Waals surface area (Å²) < 4.78 is 1.85. The quantitative estimate of drug-likeness (QED) is 0.209. The third-order valence-electron chi connectivity index (χ3n) is 4.67. The summed E-state index contributed by atoms with van der Waals surface area (Å²) in [6, 6.07) is 13.3. The van der Waals surface area contributed by atoms with Gasteiger partial charge in [0.05, 0.1) is 23.3 Å². The van der Waals surface area contributed by atoms with E-state index in [2.05, 4.69) is 28.2 Å². The van der Waals surface area contributed by atoms with E-state index < -0.39 is 0 Å². The summed E-state index contributed by atoms with van der Waals surface area (Å²) in [6.45, 7) is 8.35. The maximum atomic E-state index is 6.08. The largest absolute Gasteiger partial charge is 0.287 e. The number of hydrogen-bond acceptors (Lipinski definition) is 5. The highest BCUT2D eigenvalue weighted by atomic mass is 35.5. The van der Waals surface area contributed by atoms with Gasteiger partial charge in [0.25, 0.3) is 0 Å². The van der Waals surface area contributed by atoms with E-state index in [-0.39, 0.29) is 0 Å². The molecule has 0 saturated carbocycles. The highest BCUT2D eigenvalue weighted by Gasteiger charge is 2.12. The van der Waals surface area contributed by atoms with Gasteiger partial charge in [-0.3, -0.25) is 9.99 Å². The van der Waals surface area contributed by atoms with Crippen LogP contribution in [0.25, 0.3) is 22.0 Å². The molecule has 0 atom stereocenters. The summed E-state index contributed by atoms with van der Waals surface area (Å²) in [5, 5.41) is 8.41. The van der Waals surface area contributed by atoms with Crippen molar-refractivity contribution in [3.8, 4) is 5.69 Å². The maximum absolute atomic E-state index is 6.08. The van der Waals surface area contributed by atoms with Gasteiger partial charge in [-0.2, -0.15) is 5.10 Å². The Kier molecular flexibility index (Phi) is 5.43. The van der Waals surface area contributed by atoms with Gasteiger partial charge in [-0.1, -0.05) is 36.9 Å². The van der Waals surface area contributed by atoms with Gasteiger partial charge in [-0.25, -0.2) is 15.5 Å². The molecule has 6 nitrogen and oxygen atoms in total. The lowest BCUT2D eigenvalue weighted by Gasteiger charge is -2.15. The van der Waals surface area contributed by atoms with Crippen LogP contribution in [-0.4, -0.2) is 19.7 Å². The molecule has 0 fully saturated rings. The van der Waals surface area contributed by atoms with Gasteiger partial charge in [0.15, 0.2) is 0 Å². The van der Waals surface area contributed by atoms with Crippen molar-refractivity contribution in [2.45, 2.75) is 0 Å². The normalized spacial score (nSPS) is 11.1. The molecule has 148 valence electrons. The van der Waals surface area contributed by atoms with Crippen LogP contribution in [0.1, 0.15) is 5.69 Å². The van der Waals surface area contributed by atoms with Gasteiger partial charge < -0.3 is 0 Å². The number of pyridine rings is 2. The molecule has 4 rings (SSSR count). The second-order valence-corrected chi connectivity index (χ2v) is 6.95. The molecule has 0 radical (unpaired) electrons. The number of nitrogens with two attached hydrogens (primary N) is 1. The summed E-state index contributed by atoms with van der Waals surface area (Å²) in [5.41, 5.74) is 3.92. The first kappa shape index (κ1) is 19.6. The number of nitrogens with zero attached hydrogens (tertiary/aromatic N) is 5. The first-order chi connectivity index (χ1) is 14.5. The Bertz CT molecular complexity index is 1270. The van der Waals surface area contributed by atoms with Crippen molar-refractivity contribution < 1.29 is 0 Å². The number of hydrazine groups is 1. The molecule has 0 amide bonds. The molecule has 0 unspecified atom stereocenters. The van der Waals surface area contributed by atoms with Crippen LogP contribution >= 0.6 is 11.6 Å². The van der Waals surface area contributed by atoms with Gasteiger partial charge >= 0.3 is 0 Å². The summed E-state index contributed by atoms with van der Waals surface area (Å²) in [4.78, 5) is 8.15. The zero-order valence-corrected chi connectivity index (χ0v) is 16.9. The van der Waals surface area contributed by atoms with Crippen LogP contribution in [0.4, 0.5) is 5.69 Å². The topological polar surface area (TPSA) is 72.9 Å². The van der Waals surface area contributed by atoms with E-state index >= 15 is 0 Å². The van der Waals surface area contributed by atoms with E-state index in [0.29, 0.717) is 16.4 Å². The maximum Gasteiger partial charge on any atom is 0.131 e. The lowest BCUT2D eigenvalue weighted by Crippen LogP contribution is -2.24. The number of benzene rings is 1. The molecule has 30 heavy (non-hydrogen) atoms. The molecule has 3 aromatic heterocycles. The molecule has 0 aliphatic heterocycles. The summed E-state index contributed by atoms with van der Waals surface area (Å²) >= 11 is 5.92. The van der Waals surface area contributed by atoms with E-state index in [4.69, 9.17) is 17.4 Å². The lowest BCUT2D eigenvalue weighted by molar-refractivity contribution is 0.874. The predicted molar refractivity (Wildman–Crippen MR) is 122 cm³/mol. The molecule has 3 heterocycles. The van der Waals surface area contributed by atoms with Crippen LogP contribution in [0, 0.1) is 0 Å². The molecule has 0 spiro atoms. The van der Waals surface area contributed by atoms with Gasteiger partial charge in [-0.15, -0.1) is 0 Å². The molecular formula is C23H19ClN6. The van der Waals surface area contributed by atoms with Crippen LogP contribution in [0.2, 0.25) is 5.15 Å². The zero-order chi connectivity index (χ0) is 21.1. The van der Waals surface area contributed by atoms with Gasteiger partial charge in [0, 0.05) is 41.6 Å². The fraction of sp³-hybridized carbons (Fsp3) is 0.